The molecule has 2 aliphatic heterocycles. The van der Waals surface area contributed by atoms with E-state index in [1.54, 1.807) is 0 Å². The van der Waals surface area contributed by atoms with Crippen LogP contribution < -0.4 is 0 Å². The smallest absolute Gasteiger partial charge is 0.307 e. The summed E-state index contributed by atoms with van der Waals surface area (Å²) >= 11 is 1.82. The SMILES string of the molecule is Cc1c(-c2nc3cc(CN4CC[C@@H](C(=O)O)C4)cc(C#N)c3o2)cccc1-c1cccc(-c2nc3c(s2)CN(C(C)C)CC3)c1C. The summed E-state index contributed by atoms with van der Waals surface area (Å²) in [6, 6.07) is 19.2. The van der Waals surface area contributed by atoms with Gasteiger partial charge in [0, 0.05) is 54.6 Å². The van der Waals surface area contributed by atoms with E-state index in [1.807, 2.05) is 35.6 Å². The van der Waals surface area contributed by atoms with Crippen molar-refractivity contribution in [2.75, 3.05) is 19.6 Å². The lowest BCUT2D eigenvalue weighted by Crippen LogP contribution is -2.35. The summed E-state index contributed by atoms with van der Waals surface area (Å²) in [5.74, 6) is -0.623. The number of likely N-dealkylation sites (tertiary alicyclic amines) is 1. The van der Waals surface area contributed by atoms with Gasteiger partial charge in [0.25, 0.3) is 0 Å². The molecule has 0 spiro atoms. The highest BCUT2D eigenvalue weighted by Gasteiger charge is 2.28. The number of benzene rings is 3. The van der Waals surface area contributed by atoms with Crippen LogP contribution in [-0.2, 0) is 24.3 Å². The van der Waals surface area contributed by atoms with E-state index in [4.69, 9.17) is 14.4 Å². The quantitative estimate of drug-likeness (QED) is 0.198. The monoisotopic (exact) mass is 631 g/mol. The van der Waals surface area contributed by atoms with Gasteiger partial charge in [0.2, 0.25) is 5.89 Å². The summed E-state index contributed by atoms with van der Waals surface area (Å²) < 4.78 is 6.28. The topological polar surface area (TPSA) is 106 Å². The third-order valence-corrected chi connectivity index (χ3v) is 10.7. The summed E-state index contributed by atoms with van der Waals surface area (Å²) in [7, 11) is 0. The molecule has 4 heterocycles. The molecule has 7 rings (SSSR count). The van der Waals surface area contributed by atoms with Gasteiger partial charge < -0.3 is 9.52 Å². The van der Waals surface area contributed by atoms with Gasteiger partial charge in [0.1, 0.15) is 16.6 Å². The van der Waals surface area contributed by atoms with Gasteiger partial charge >= 0.3 is 5.97 Å². The van der Waals surface area contributed by atoms with Crippen LogP contribution in [0.2, 0.25) is 0 Å². The van der Waals surface area contributed by atoms with Crippen LogP contribution in [0.15, 0.2) is 52.9 Å². The Balaban J connectivity index is 1.21. The van der Waals surface area contributed by atoms with Gasteiger partial charge in [-0.1, -0.05) is 30.3 Å². The van der Waals surface area contributed by atoms with Crippen LogP contribution in [0.3, 0.4) is 0 Å². The Labute approximate surface area is 272 Å². The fourth-order valence-corrected chi connectivity index (χ4v) is 8.12. The standard InChI is InChI=1S/C37H37N5O3S/c1-21(2)42-14-12-31-33(20-42)46-36(40-31)30-10-6-8-28(23(30)4)27-7-5-9-29(22(27)3)35-39-32-16-24(15-26(17-38)34(32)45-35)18-41-13-11-25(19-41)37(43)44/h5-10,15-16,21,25H,11-14,18-20H2,1-4H3,(H,43,44)/t25-/m1/s1. The van der Waals surface area contributed by atoms with Crippen molar-refractivity contribution in [3.05, 3.63) is 81.4 Å². The van der Waals surface area contributed by atoms with E-state index in [0.717, 1.165) is 58.9 Å². The second-order valence-electron chi connectivity index (χ2n) is 12.8. The average molecular weight is 632 g/mol. The van der Waals surface area contributed by atoms with E-state index < -0.39 is 5.97 Å². The van der Waals surface area contributed by atoms with Gasteiger partial charge in [0.05, 0.1) is 17.2 Å². The highest BCUT2D eigenvalue weighted by atomic mass is 32.1. The van der Waals surface area contributed by atoms with Gasteiger partial charge in [-0.15, -0.1) is 11.3 Å². The molecule has 1 atom stereocenters. The fourth-order valence-electron chi connectivity index (χ4n) is 6.91. The van der Waals surface area contributed by atoms with Gasteiger partial charge in [0.15, 0.2) is 5.58 Å². The minimum absolute atomic E-state index is 0.347. The summed E-state index contributed by atoms with van der Waals surface area (Å²) in [5.41, 5.74) is 10.2. The molecular weight excluding hydrogens is 595 g/mol. The van der Waals surface area contributed by atoms with Crippen molar-refractivity contribution in [3.63, 3.8) is 0 Å². The zero-order valence-electron chi connectivity index (χ0n) is 26.6. The first-order valence-electron chi connectivity index (χ1n) is 15.9. The second-order valence-corrected chi connectivity index (χ2v) is 13.9. The van der Waals surface area contributed by atoms with Crippen LogP contribution in [0, 0.1) is 31.1 Å². The van der Waals surface area contributed by atoms with E-state index >= 15 is 0 Å². The van der Waals surface area contributed by atoms with Crippen LogP contribution in [0.5, 0.6) is 0 Å². The molecule has 0 amide bonds. The van der Waals surface area contributed by atoms with Crippen LogP contribution in [-0.4, -0.2) is 56.5 Å². The maximum Gasteiger partial charge on any atom is 0.307 e. The van der Waals surface area contributed by atoms with Crippen LogP contribution >= 0.6 is 11.3 Å². The molecule has 46 heavy (non-hydrogen) atoms. The van der Waals surface area contributed by atoms with E-state index in [-0.39, 0.29) is 5.92 Å². The molecule has 0 radical (unpaired) electrons. The van der Waals surface area contributed by atoms with Gasteiger partial charge in [-0.25, -0.2) is 9.97 Å². The van der Waals surface area contributed by atoms with Gasteiger partial charge in [-0.05, 0) is 86.7 Å². The van der Waals surface area contributed by atoms with Crippen LogP contribution in [0.1, 0.15) is 53.1 Å². The Kier molecular flexibility index (Phi) is 7.97. The van der Waals surface area contributed by atoms with E-state index in [1.165, 1.54) is 21.7 Å². The summed E-state index contributed by atoms with van der Waals surface area (Å²) in [6.45, 7) is 12.6. The summed E-state index contributed by atoms with van der Waals surface area (Å²) in [5, 5.41) is 20.4. The van der Waals surface area contributed by atoms with E-state index in [0.29, 0.717) is 48.1 Å². The number of hydrogen-bond donors (Lipinski definition) is 1. The minimum atomic E-state index is -0.753. The maximum atomic E-state index is 11.4. The van der Waals surface area contributed by atoms with Crippen molar-refractivity contribution < 1.29 is 14.3 Å². The summed E-state index contributed by atoms with van der Waals surface area (Å²) in [4.78, 5) is 27.4. The second kappa shape index (κ2) is 12.1. The number of aliphatic carboxylic acids is 1. The number of thiazole rings is 1. The number of rotatable bonds is 7. The number of fused-ring (bicyclic) bond motifs is 2. The highest BCUT2D eigenvalue weighted by Crippen LogP contribution is 2.40. The number of nitrogens with zero attached hydrogens (tertiary/aromatic N) is 5. The highest BCUT2D eigenvalue weighted by molar-refractivity contribution is 7.15. The Morgan fingerprint density at radius 2 is 1.78 bits per heavy atom. The van der Waals surface area contributed by atoms with Crippen molar-refractivity contribution in [3.8, 4) is 39.2 Å². The Hall–Kier alpha value is -4.36. The van der Waals surface area contributed by atoms with Gasteiger partial charge in [-0.2, -0.15) is 5.26 Å². The van der Waals surface area contributed by atoms with Crippen LogP contribution in [0.4, 0.5) is 0 Å². The number of carbonyl (C=O) groups is 1. The zero-order valence-corrected chi connectivity index (χ0v) is 27.4. The van der Waals surface area contributed by atoms with E-state index in [2.05, 4.69) is 67.8 Å². The van der Waals surface area contributed by atoms with Crippen LogP contribution in [0.25, 0.3) is 44.3 Å². The van der Waals surface area contributed by atoms with Crippen molar-refractivity contribution in [2.24, 2.45) is 5.92 Å². The Morgan fingerprint density at radius 3 is 2.48 bits per heavy atom. The lowest BCUT2D eigenvalue weighted by Gasteiger charge is -2.29. The first kappa shape index (κ1) is 30.3. The van der Waals surface area contributed by atoms with E-state index in [9.17, 15) is 15.2 Å². The first-order chi connectivity index (χ1) is 22.2. The molecule has 0 saturated carbocycles. The minimum Gasteiger partial charge on any atom is -0.481 e. The van der Waals surface area contributed by atoms with Crippen molar-refractivity contribution >= 4 is 28.4 Å². The predicted octanol–water partition coefficient (Wildman–Crippen LogP) is 7.45. The molecule has 0 unspecified atom stereocenters. The molecule has 1 fully saturated rings. The Morgan fingerprint density at radius 1 is 1.07 bits per heavy atom. The molecular formula is C37H37N5O3S. The molecule has 234 valence electrons. The third-order valence-electron chi connectivity index (χ3n) is 9.61. The number of hydrogen-bond acceptors (Lipinski definition) is 8. The molecule has 2 aromatic heterocycles. The molecule has 9 heteroatoms. The Bertz CT molecular complexity index is 2020. The fraction of sp³-hybridized carbons (Fsp3) is 0.351. The maximum absolute atomic E-state index is 11.4. The molecule has 0 aliphatic carbocycles. The largest absolute Gasteiger partial charge is 0.481 e. The number of nitriles is 1. The number of oxazole rings is 1. The average Bonchev–Trinajstić information content (AvgIpc) is 3.79. The molecule has 8 nitrogen and oxygen atoms in total. The third kappa shape index (κ3) is 5.51. The number of carboxylic acid groups (broad SMARTS) is 1. The molecule has 0 bridgehead atoms. The summed E-state index contributed by atoms with van der Waals surface area (Å²) in [6.07, 6.45) is 1.63. The van der Waals surface area contributed by atoms with Crippen molar-refractivity contribution in [2.45, 2.75) is 59.7 Å². The lowest BCUT2D eigenvalue weighted by molar-refractivity contribution is -0.141. The van der Waals surface area contributed by atoms with Crippen molar-refractivity contribution in [1.82, 2.24) is 19.8 Å². The first-order valence-corrected chi connectivity index (χ1v) is 16.7. The van der Waals surface area contributed by atoms with Gasteiger partial charge in [-0.3, -0.25) is 14.6 Å². The molecule has 5 aromatic rings. The lowest BCUT2D eigenvalue weighted by atomic mass is 9.91. The normalized spacial score (nSPS) is 17.1. The molecule has 3 aromatic carbocycles. The molecule has 1 saturated heterocycles. The molecule has 2 aliphatic rings. The zero-order chi connectivity index (χ0) is 32.1. The van der Waals surface area contributed by atoms with Crippen molar-refractivity contribution in [1.29, 1.82) is 5.26 Å². The predicted molar refractivity (Wildman–Crippen MR) is 180 cm³/mol. The number of aromatic nitrogens is 2. The molecule has 1 N–H and O–H groups in total. The number of carboxylic acids is 1.